The molecule has 0 saturated heterocycles. The number of ether oxygens (including phenoxy) is 1. The van der Waals surface area contributed by atoms with Crippen LogP contribution in [0.25, 0.3) is 0 Å². The molecule has 0 fully saturated rings. The van der Waals surface area contributed by atoms with E-state index in [1.54, 1.807) is 12.0 Å². The van der Waals surface area contributed by atoms with Gasteiger partial charge in [-0.3, -0.25) is 9.69 Å². The zero-order valence-corrected chi connectivity index (χ0v) is 8.91. The lowest BCUT2D eigenvalue weighted by atomic mass is 10.1. The molecule has 0 atom stereocenters. The minimum atomic E-state index is 0.0973. The fourth-order valence-electron chi connectivity index (χ4n) is 1.81. The number of nitrogens with zero attached hydrogens (tertiary/aromatic N) is 1. The van der Waals surface area contributed by atoms with E-state index in [-0.39, 0.29) is 5.91 Å². The molecule has 0 bridgehead atoms. The quantitative estimate of drug-likeness (QED) is 0.808. The molecule has 1 heterocycles. The van der Waals surface area contributed by atoms with Crippen LogP contribution in [0.2, 0.25) is 0 Å². The van der Waals surface area contributed by atoms with Crippen molar-refractivity contribution in [2.24, 2.45) is 0 Å². The van der Waals surface area contributed by atoms with Gasteiger partial charge in [-0.15, -0.1) is 0 Å². The van der Waals surface area contributed by atoms with Gasteiger partial charge in [-0.2, -0.15) is 0 Å². The highest BCUT2D eigenvalue weighted by Gasteiger charge is 2.26. The Morgan fingerprint density at radius 1 is 1.53 bits per heavy atom. The standard InChI is InChI=1S/C11H14N2O2/c1-12-9-3-4-10-8(5-9)6-11(14)13(10)7-15-2/h3-5,12H,6-7H2,1-2H3. The van der Waals surface area contributed by atoms with Gasteiger partial charge >= 0.3 is 0 Å². The SMILES string of the molecule is CNc1ccc2c(c1)CC(=O)N2COC. The number of fused-ring (bicyclic) bond motifs is 1. The third-order valence-electron chi connectivity index (χ3n) is 2.56. The second kappa shape index (κ2) is 3.90. The molecule has 4 nitrogen and oxygen atoms in total. The third-order valence-corrected chi connectivity index (χ3v) is 2.56. The summed E-state index contributed by atoms with van der Waals surface area (Å²) in [6.07, 6.45) is 0.466. The van der Waals surface area contributed by atoms with Crippen molar-refractivity contribution in [2.75, 3.05) is 31.1 Å². The van der Waals surface area contributed by atoms with Crippen molar-refractivity contribution >= 4 is 17.3 Å². The summed E-state index contributed by atoms with van der Waals surface area (Å²) >= 11 is 0. The van der Waals surface area contributed by atoms with Crippen LogP contribution in [0, 0.1) is 0 Å². The minimum absolute atomic E-state index is 0.0973. The molecule has 1 N–H and O–H groups in total. The van der Waals surface area contributed by atoms with Crippen molar-refractivity contribution in [3.8, 4) is 0 Å². The van der Waals surface area contributed by atoms with E-state index in [9.17, 15) is 4.79 Å². The molecule has 1 aliphatic rings. The highest BCUT2D eigenvalue weighted by molar-refractivity contribution is 6.01. The predicted octanol–water partition coefficient (Wildman–Crippen LogP) is 1.22. The van der Waals surface area contributed by atoms with E-state index in [0.717, 1.165) is 16.9 Å². The summed E-state index contributed by atoms with van der Waals surface area (Å²) in [5.41, 5.74) is 3.05. The van der Waals surface area contributed by atoms with Gasteiger partial charge in [-0.25, -0.2) is 0 Å². The van der Waals surface area contributed by atoms with Crippen molar-refractivity contribution in [1.29, 1.82) is 0 Å². The van der Waals surface area contributed by atoms with Crippen molar-refractivity contribution in [3.05, 3.63) is 23.8 Å². The Hall–Kier alpha value is -1.55. The molecule has 15 heavy (non-hydrogen) atoms. The first-order valence-corrected chi connectivity index (χ1v) is 4.86. The highest BCUT2D eigenvalue weighted by atomic mass is 16.5. The van der Waals surface area contributed by atoms with Crippen molar-refractivity contribution < 1.29 is 9.53 Å². The number of rotatable bonds is 3. The second-order valence-corrected chi connectivity index (χ2v) is 3.51. The van der Waals surface area contributed by atoms with Crippen LogP contribution in [0.5, 0.6) is 0 Å². The van der Waals surface area contributed by atoms with Gasteiger partial charge in [0.05, 0.1) is 6.42 Å². The van der Waals surface area contributed by atoms with Gasteiger partial charge in [0.25, 0.3) is 0 Å². The van der Waals surface area contributed by atoms with Gasteiger partial charge in [0, 0.05) is 25.5 Å². The van der Waals surface area contributed by atoms with E-state index in [2.05, 4.69) is 5.32 Å². The number of carbonyl (C=O) groups excluding carboxylic acids is 1. The number of hydrogen-bond acceptors (Lipinski definition) is 3. The zero-order chi connectivity index (χ0) is 10.8. The van der Waals surface area contributed by atoms with Crippen LogP contribution in [0.15, 0.2) is 18.2 Å². The summed E-state index contributed by atoms with van der Waals surface area (Å²) in [6.45, 7) is 0.324. The number of hydrogen-bond donors (Lipinski definition) is 1. The van der Waals surface area contributed by atoms with Gasteiger partial charge in [0.2, 0.25) is 5.91 Å². The molecule has 4 heteroatoms. The van der Waals surface area contributed by atoms with Crippen LogP contribution in [0.1, 0.15) is 5.56 Å². The Morgan fingerprint density at radius 2 is 2.33 bits per heavy atom. The van der Waals surface area contributed by atoms with Gasteiger partial charge < -0.3 is 10.1 Å². The van der Waals surface area contributed by atoms with E-state index >= 15 is 0 Å². The summed E-state index contributed by atoms with van der Waals surface area (Å²) in [4.78, 5) is 13.3. The Morgan fingerprint density at radius 3 is 3.00 bits per heavy atom. The summed E-state index contributed by atoms with van der Waals surface area (Å²) in [5, 5.41) is 3.06. The van der Waals surface area contributed by atoms with Gasteiger partial charge in [0.1, 0.15) is 6.73 Å². The van der Waals surface area contributed by atoms with E-state index in [1.165, 1.54) is 0 Å². The first-order chi connectivity index (χ1) is 7.26. The van der Waals surface area contributed by atoms with Crippen LogP contribution < -0.4 is 10.2 Å². The highest BCUT2D eigenvalue weighted by Crippen LogP contribution is 2.30. The molecule has 1 aromatic rings. The zero-order valence-electron chi connectivity index (χ0n) is 8.91. The minimum Gasteiger partial charge on any atom is -0.388 e. The fourth-order valence-corrected chi connectivity index (χ4v) is 1.81. The topological polar surface area (TPSA) is 41.6 Å². The molecule has 0 aliphatic carbocycles. The fraction of sp³-hybridized carbons (Fsp3) is 0.364. The summed E-state index contributed by atoms with van der Waals surface area (Å²) in [6, 6.07) is 5.91. The molecule has 0 radical (unpaired) electrons. The molecule has 1 aromatic carbocycles. The molecule has 0 unspecified atom stereocenters. The van der Waals surface area contributed by atoms with Crippen molar-refractivity contribution in [1.82, 2.24) is 0 Å². The van der Waals surface area contributed by atoms with Crippen molar-refractivity contribution in [2.45, 2.75) is 6.42 Å². The second-order valence-electron chi connectivity index (χ2n) is 3.51. The van der Waals surface area contributed by atoms with Crippen LogP contribution >= 0.6 is 0 Å². The number of carbonyl (C=O) groups is 1. The molecular weight excluding hydrogens is 192 g/mol. The number of benzene rings is 1. The number of anilines is 2. The molecular formula is C11H14N2O2. The largest absolute Gasteiger partial charge is 0.388 e. The van der Waals surface area contributed by atoms with Crippen LogP contribution in [0.4, 0.5) is 11.4 Å². The van der Waals surface area contributed by atoms with E-state index in [1.807, 2.05) is 25.2 Å². The van der Waals surface area contributed by atoms with E-state index in [4.69, 9.17) is 4.74 Å². The molecule has 1 aliphatic heterocycles. The molecule has 0 aromatic heterocycles. The smallest absolute Gasteiger partial charge is 0.233 e. The Labute approximate surface area is 88.8 Å². The average Bonchev–Trinajstić information content (AvgIpc) is 2.55. The van der Waals surface area contributed by atoms with Crippen LogP contribution in [-0.4, -0.2) is 26.8 Å². The Kier molecular flexibility index (Phi) is 2.60. The summed E-state index contributed by atoms with van der Waals surface area (Å²) in [5.74, 6) is 0.0973. The van der Waals surface area contributed by atoms with E-state index in [0.29, 0.717) is 13.2 Å². The predicted molar refractivity (Wildman–Crippen MR) is 59.1 cm³/mol. The maximum atomic E-state index is 11.6. The molecule has 0 saturated carbocycles. The lowest BCUT2D eigenvalue weighted by Crippen LogP contribution is -2.28. The molecule has 1 amide bonds. The van der Waals surface area contributed by atoms with Crippen LogP contribution in [-0.2, 0) is 16.0 Å². The van der Waals surface area contributed by atoms with E-state index < -0.39 is 0 Å². The molecule has 0 spiro atoms. The number of amides is 1. The summed E-state index contributed by atoms with van der Waals surface area (Å²) in [7, 11) is 3.46. The van der Waals surface area contributed by atoms with Gasteiger partial charge in [-0.05, 0) is 23.8 Å². The monoisotopic (exact) mass is 206 g/mol. The van der Waals surface area contributed by atoms with Gasteiger partial charge in [-0.1, -0.05) is 0 Å². The maximum Gasteiger partial charge on any atom is 0.233 e. The number of nitrogens with one attached hydrogen (secondary N) is 1. The normalized spacial score (nSPS) is 14.3. The Balaban J connectivity index is 2.34. The molecule has 80 valence electrons. The molecule has 2 rings (SSSR count). The lowest BCUT2D eigenvalue weighted by molar-refractivity contribution is -0.118. The van der Waals surface area contributed by atoms with Gasteiger partial charge in [0.15, 0.2) is 0 Å². The number of methoxy groups -OCH3 is 1. The van der Waals surface area contributed by atoms with Crippen LogP contribution in [0.3, 0.4) is 0 Å². The maximum absolute atomic E-state index is 11.6. The first kappa shape index (κ1) is 9.98. The average molecular weight is 206 g/mol. The summed E-state index contributed by atoms with van der Waals surface area (Å²) < 4.78 is 5.00. The first-order valence-electron chi connectivity index (χ1n) is 4.86. The Bertz CT molecular complexity index is 390. The lowest BCUT2D eigenvalue weighted by Gasteiger charge is -2.16. The van der Waals surface area contributed by atoms with Crippen molar-refractivity contribution in [3.63, 3.8) is 0 Å². The third kappa shape index (κ3) is 1.68.